The Labute approximate surface area is 167 Å². The molecule has 1 amide bonds. The van der Waals surface area contributed by atoms with Crippen molar-refractivity contribution in [2.75, 3.05) is 5.32 Å². The zero-order valence-corrected chi connectivity index (χ0v) is 16.7. The van der Waals surface area contributed by atoms with Gasteiger partial charge in [-0.25, -0.2) is 13.1 Å². The molecule has 0 spiro atoms. The van der Waals surface area contributed by atoms with E-state index >= 15 is 0 Å². The highest BCUT2D eigenvalue weighted by Gasteiger charge is 2.28. The number of rotatable bonds is 6. The summed E-state index contributed by atoms with van der Waals surface area (Å²) in [4.78, 5) is 12.8. The number of aromatic nitrogens is 2. The van der Waals surface area contributed by atoms with Gasteiger partial charge in [0.25, 0.3) is 5.91 Å². The van der Waals surface area contributed by atoms with Crippen molar-refractivity contribution in [2.24, 2.45) is 0 Å². The van der Waals surface area contributed by atoms with Crippen LogP contribution in [0.3, 0.4) is 0 Å². The van der Waals surface area contributed by atoms with Crippen LogP contribution in [0, 0.1) is 6.92 Å². The zero-order chi connectivity index (χ0) is 19.7. The van der Waals surface area contributed by atoms with E-state index < -0.39 is 10.0 Å². The molecule has 0 unspecified atom stereocenters. The monoisotopic (exact) mass is 414 g/mol. The van der Waals surface area contributed by atoms with Gasteiger partial charge in [0.2, 0.25) is 10.0 Å². The van der Waals surface area contributed by atoms with Gasteiger partial charge in [-0.05, 0) is 61.1 Å². The molecule has 9 heteroatoms. The van der Waals surface area contributed by atoms with Crippen LogP contribution in [0.5, 0.6) is 0 Å². The Balaban J connectivity index is 1.53. The fourth-order valence-corrected chi connectivity index (χ4v) is 4.51. The third-order valence-electron chi connectivity index (χ3n) is 4.46. The van der Waals surface area contributed by atoms with Crippen LogP contribution in [0.25, 0.3) is 11.3 Å². The van der Waals surface area contributed by atoms with Crippen molar-refractivity contribution in [1.29, 1.82) is 0 Å². The van der Waals surface area contributed by atoms with Gasteiger partial charge in [-0.1, -0.05) is 22.7 Å². The highest BCUT2D eigenvalue weighted by atomic mass is 32.2. The molecule has 0 bridgehead atoms. The lowest BCUT2D eigenvalue weighted by molar-refractivity contribution is 0.102. The van der Waals surface area contributed by atoms with E-state index in [0.29, 0.717) is 16.8 Å². The summed E-state index contributed by atoms with van der Waals surface area (Å²) in [5, 5.41) is 8.67. The second-order valence-corrected chi connectivity index (χ2v) is 9.02. The number of benzene rings is 2. The minimum atomic E-state index is -3.62. The number of nitrogens with zero attached hydrogens (tertiary/aromatic N) is 2. The molecular formula is C19H18N4O3S2. The molecule has 0 aliphatic heterocycles. The molecule has 1 saturated carbocycles. The number of sulfonamides is 1. The number of nitrogens with one attached hydrogen (secondary N) is 2. The van der Waals surface area contributed by atoms with Gasteiger partial charge in [-0.3, -0.25) is 4.79 Å². The smallest absolute Gasteiger partial charge is 0.255 e. The molecule has 4 rings (SSSR count). The molecule has 0 atom stereocenters. The number of anilines is 1. The van der Waals surface area contributed by atoms with Crippen molar-refractivity contribution in [3.63, 3.8) is 0 Å². The van der Waals surface area contributed by atoms with Gasteiger partial charge in [-0.15, -0.1) is 5.10 Å². The van der Waals surface area contributed by atoms with E-state index in [1.54, 1.807) is 25.1 Å². The maximum atomic E-state index is 12.7. The Morgan fingerprint density at radius 2 is 1.89 bits per heavy atom. The van der Waals surface area contributed by atoms with Crippen molar-refractivity contribution in [3.8, 4) is 11.3 Å². The molecule has 2 aromatic carbocycles. The van der Waals surface area contributed by atoms with Crippen LogP contribution >= 0.6 is 11.5 Å². The molecule has 1 aromatic heterocycles. The number of hydrogen-bond donors (Lipinski definition) is 2. The number of amides is 1. The van der Waals surface area contributed by atoms with Crippen LogP contribution < -0.4 is 10.0 Å². The fraction of sp³-hybridized carbons (Fsp3) is 0.211. The number of carbonyl (C=O) groups is 1. The summed E-state index contributed by atoms with van der Waals surface area (Å²) in [5.74, 6) is -0.357. The summed E-state index contributed by atoms with van der Waals surface area (Å²) in [6.45, 7) is 1.78. The second-order valence-electron chi connectivity index (χ2n) is 6.69. The van der Waals surface area contributed by atoms with E-state index in [4.69, 9.17) is 0 Å². The predicted octanol–water partition coefficient (Wildman–Crippen LogP) is 3.21. The quantitative estimate of drug-likeness (QED) is 0.645. The highest BCUT2D eigenvalue weighted by Crippen LogP contribution is 2.24. The average Bonchev–Trinajstić information content (AvgIpc) is 3.30. The van der Waals surface area contributed by atoms with Crippen LogP contribution in [0.1, 0.15) is 28.8 Å². The topological polar surface area (TPSA) is 101 Å². The number of carbonyl (C=O) groups excluding carboxylic acids is 1. The SMILES string of the molecule is Cc1ccc(S(=O)(=O)NC2CC2)cc1C(=O)Nc1ccc(-c2csnn2)cc1. The maximum absolute atomic E-state index is 12.7. The molecule has 0 saturated heterocycles. The lowest BCUT2D eigenvalue weighted by Crippen LogP contribution is -2.26. The van der Waals surface area contributed by atoms with Gasteiger partial charge in [0.15, 0.2) is 0 Å². The summed E-state index contributed by atoms with van der Waals surface area (Å²) in [7, 11) is -3.62. The maximum Gasteiger partial charge on any atom is 0.255 e. The summed E-state index contributed by atoms with van der Waals surface area (Å²) >= 11 is 1.27. The van der Waals surface area contributed by atoms with Gasteiger partial charge < -0.3 is 5.32 Å². The first-order valence-corrected chi connectivity index (χ1v) is 11.1. The fourth-order valence-electron chi connectivity index (χ4n) is 2.71. The van der Waals surface area contributed by atoms with E-state index in [2.05, 4.69) is 19.6 Å². The molecule has 2 N–H and O–H groups in total. The summed E-state index contributed by atoms with van der Waals surface area (Å²) < 4.78 is 31.3. The van der Waals surface area contributed by atoms with Crippen molar-refractivity contribution in [2.45, 2.75) is 30.7 Å². The normalized spacial score (nSPS) is 14.0. The molecule has 3 aromatic rings. The summed E-state index contributed by atoms with van der Waals surface area (Å²) in [6, 6.07) is 11.8. The van der Waals surface area contributed by atoms with Crippen molar-refractivity contribution < 1.29 is 13.2 Å². The van der Waals surface area contributed by atoms with Crippen LogP contribution in [-0.4, -0.2) is 30.0 Å². The number of aryl methyl sites for hydroxylation is 1. The molecule has 28 heavy (non-hydrogen) atoms. The third kappa shape index (κ3) is 4.11. The predicted molar refractivity (Wildman–Crippen MR) is 108 cm³/mol. The minimum absolute atomic E-state index is 0.00927. The van der Waals surface area contributed by atoms with Crippen molar-refractivity contribution in [3.05, 3.63) is 59.0 Å². The van der Waals surface area contributed by atoms with Gasteiger partial charge in [0, 0.05) is 28.2 Å². The van der Waals surface area contributed by atoms with Crippen LogP contribution in [0.4, 0.5) is 5.69 Å². The lowest BCUT2D eigenvalue weighted by Gasteiger charge is -2.11. The third-order valence-corrected chi connectivity index (χ3v) is 6.48. The molecule has 1 heterocycles. The Morgan fingerprint density at radius 3 is 2.54 bits per heavy atom. The Hall–Kier alpha value is -2.62. The summed E-state index contributed by atoms with van der Waals surface area (Å²) in [6.07, 6.45) is 1.71. The van der Waals surface area contributed by atoms with Crippen molar-refractivity contribution >= 4 is 33.2 Å². The first-order chi connectivity index (χ1) is 13.4. The molecule has 0 radical (unpaired) electrons. The van der Waals surface area contributed by atoms with Gasteiger partial charge in [0.1, 0.15) is 5.69 Å². The van der Waals surface area contributed by atoms with Crippen LogP contribution in [0.2, 0.25) is 0 Å². The second kappa shape index (κ2) is 7.42. The lowest BCUT2D eigenvalue weighted by atomic mass is 10.1. The molecule has 1 aliphatic rings. The van der Waals surface area contributed by atoms with Gasteiger partial charge in [-0.2, -0.15) is 0 Å². The highest BCUT2D eigenvalue weighted by molar-refractivity contribution is 7.89. The Bertz CT molecular complexity index is 1110. The van der Waals surface area contributed by atoms with E-state index in [1.165, 1.54) is 23.7 Å². The first kappa shape index (κ1) is 18.7. The van der Waals surface area contributed by atoms with Crippen LogP contribution in [-0.2, 0) is 10.0 Å². The standard InChI is InChI=1S/C19H18N4O3S2/c1-12-2-9-16(28(25,26)22-15-7-8-15)10-17(12)19(24)20-14-5-3-13(4-6-14)18-11-27-23-21-18/h2-6,9-11,15,22H,7-8H2,1H3,(H,20,24). The van der Waals surface area contributed by atoms with Gasteiger partial charge >= 0.3 is 0 Å². The van der Waals surface area contributed by atoms with Crippen molar-refractivity contribution in [1.82, 2.24) is 14.3 Å². The molecule has 1 aliphatic carbocycles. The minimum Gasteiger partial charge on any atom is -0.322 e. The van der Waals surface area contributed by atoms with E-state index in [0.717, 1.165) is 24.1 Å². The zero-order valence-electron chi connectivity index (χ0n) is 15.0. The Kier molecular flexibility index (Phi) is 4.96. The van der Waals surface area contributed by atoms with E-state index in [1.807, 2.05) is 17.5 Å². The molecule has 144 valence electrons. The molecular weight excluding hydrogens is 396 g/mol. The number of hydrogen-bond acceptors (Lipinski definition) is 6. The molecule has 7 nitrogen and oxygen atoms in total. The Morgan fingerprint density at radius 1 is 1.14 bits per heavy atom. The molecule has 1 fully saturated rings. The van der Waals surface area contributed by atoms with E-state index in [-0.39, 0.29) is 16.8 Å². The summed E-state index contributed by atoms with van der Waals surface area (Å²) in [5.41, 5.74) is 3.32. The average molecular weight is 415 g/mol. The first-order valence-electron chi connectivity index (χ1n) is 8.74. The largest absolute Gasteiger partial charge is 0.322 e. The van der Waals surface area contributed by atoms with Gasteiger partial charge in [0.05, 0.1) is 4.90 Å². The van der Waals surface area contributed by atoms with E-state index in [9.17, 15) is 13.2 Å². The van der Waals surface area contributed by atoms with Crippen LogP contribution in [0.15, 0.2) is 52.7 Å².